The van der Waals surface area contributed by atoms with E-state index in [4.69, 9.17) is 4.74 Å². The molecule has 0 saturated heterocycles. The van der Waals surface area contributed by atoms with E-state index >= 15 is 0 Å². The van der Waals surface area contributed by atoms with E-state index in [1.165, 1.54) is 5.39 Å². The molecule has 0 radical (unpaired) electrons. The van der Waals surface area contributed by atoms with Gasteiger partial charge < -0.3 is 4.74 Å². The fourth-order valence-corrected chi connectivity index (χ4v) is 1.91. The van der Waals surface area contributed by atoms with Crippen LogP contribution in [0.2, 0.25) is 0 Å². The van der Waals surface area contributed by atoms with Crippen LogP contribution >= 0.6 is 0 Å². The predicted octanol–water partition coefficient (Wildman–Crippen LogP) is 3.81. The fourth-order valence-electron chi connectivity index (χ4n) is 1.91. The SMILES string of the molecule is CCOC(=O)C(C)=Cc1cccc2ccccc12. The number of benzene rings is 2. The van der Waals surface area contributed by atoms with E-state index in [2.05, 4.69) is 18.2 Å². The van der Waals surface area contributed by atoms with E-state index in [1.807, 2.05) is 37.3 Å². The molecule has 0 aliphatic rings. The molecule has 0 heterocycles. The van der Waals surface area contributed by atoms with Crippen LogP contribution in [-0.4, -0.2) is 12.6 Å². The van der Waals surface area contributed by atoms with Crippen LogP contribution < -0.4 is 0 Å². The van der Waals surface area contributed by atoms with E-state index in [-0.39, 0.29) is 5.97 Å². The highest BCUT2D eigenvalue weighted by Gasteiger charge is 2.05. The van der Waals surface area contributed by atoms with Gasteiger partial charge in [0.15, 0.2) is 0 Å². The summed E-state index contributed by atoms with van der Waals surface area (Å²) in [4.78, 5) is 11.6. The van der Waals surface area contributed by atoms with Gasteiger partial charge in [-0.15, -0.1) is 0 Å². The Bertz CT molecular complexity index is 592. The summed E-state index contributed by atoms with van der Waals surface area (Å²) in [5.41, 5.74) is 1.66. The third kappa shape index (κ3) is 2.59. The molecule has 0 aliphatic heterocycles. The van der Waals surface area contributed by atoms with Gasteiger partial charge in [-0.1, -0.05) is 42.5 Å². The van der Waals surface area contributed by atoms with Crippen LogP contribution in [0.1, 0.15) is 19.4 Å². The van der Waals surface area contributed by atoms with Crippen molar-refractivity contribution >= 4 is 22.8 Å². The molecule has 0 fully saturated rings. The highest BCUT2D eigenvalue weighted by atomic mass is 16.5. The van der Waals surface area contributed by atoms with Crippen LogP contribution in [0.3, 0.4) is 0 Å². The lowest BCUT2D eigenvalue weighted by atomic mass is 10.0. The summed E-state index contributed by atoms with van der Waals surface area (Å²) >= 11 is 0. The smallest absolute Gasteiger partial charge is 0.333 e. The summed E-state index contributed by atoms with van der Waals surface area (Å²) < 4.78 is 4.98. The first kappa shape index (κ1) is 12.4. The Labute approximate surface area is 107 Å². The number of rotatable bonds is 3. The Hall–Kier alpha value is -2.09. The van der Waals surface area contributed by atoms with Gasteiger partial charge in [0, 0.05) is 5.57 Å². The maximum Gasteiger partial charge on any atom is 0.333 e. The number of carbonyl (C=O) groups is 1. The molecule has 92 valence electrons. The largest absolute Gasteiger partial charge is 0.463 e. The van der Waals surface area contributed by atoms with Gasteiger partial charge in [-0.05, 0) is 36.3 Å². The molecule has 0 spiro atoms. The van der Waals surface area contributed by atoms with E-state index < -0.39 is 0 Å². The first-order valence-corrected chi connectivity index (χ1v) is 6.05. The molecular weight excluding hydrogens is 224 g/mol. The zero-order valence-electron chi connectivity index (χ0n) is 10.6. The molecule has 2 aromatic carbocycles. The number of carbonyl (C=O) groups excluding carboxylic acids is 1. The fraction of sp³-hybridized carbons (Fsp3) is 0.188. The van der Waals surface area contributed by atoms with Crippen LogP contribution in [0.4, 0.5) is 0 Å². The minimum atomic E-state index is -0.259. The highest BCUT2D eigenvalue weighted by Crippen LogP contribution is 2.21. The molecule has 18 heavy (non-hydrogen) atoms. The molecule has 0 bridgehead atoms. The Kier molecular flexibility index (Phi) is 3.78. The van der Waals surface area contributed by atoms with Gasteiger partial charge in [-0.2, -0.15) is 0 Å². The van der Waals surface area contributed by atoms with Crippen LogP contribution in [0.15, 0.2) is 48.0 Å². The Morgan fingerprint density at radius 1 is 1.17 bits per heavy atom. The first-order chi connectivity index (χ1) is 8.72. The summed E-state index contributed by atoms with van der Waals surface area (Å²) in [6.45, 7) is 3.99. The van der Waals surface area contributed by atoms with Gasteiger partial charge in [-0.3, -0.25) is 0 Å². The second-order valence-corrected chi connectivity index (χ2v) is 4.12. The van der Waals surface area contributed by atoms with Crippen LogP contribution in [0, 0.1) is 0 Å². The monoisotopic (exact) mass is 240 g/mol. The van der Waals surface area contributed by atoms with E-state index in [0.717, 1.165) is 10.9 Å². The highest BCUT2D eigenvalue weighted by molar-refractivity contribution is 5.97. The quantitative estimate of drug-likeness (QED) is 0.602. The van der Waals surface area contributed by atoms with Crippen molar-refractivity contribution in [2.45, 2.75) is 13.8 Å². The molecule has 2 nitrogen and oxygen atoms in total. The molecule has 0 amide bonds. The Morgan fingerprint density at radius 2 is 1.89 bits per heavy atom. The normalized spacial score (nSPS) is 11.6. The van der Waals surface area contributed by atoms with Crippen molar-refractivity contribution in [2.75, 3.05) is 6.61 Å². The third-order valence-electron chi connectivity index (χ3n) is 2.79. The molecule has 2 heteroatoms. The predicted molar refractivity (Wildman–Crippen MR) is 74.2 cm³/mol. The lowest BCUT2D eigenvalue weighted by molar-refractivity contribution is -0.138. The molecule has 0 N–H and O–H groups in total. The minimum absolute atomic E-state index is 0.259. The third-order valence-corrected chi connectivity index (χ3v) is 2.79. The van der Waals surface area contributed by atoms with Gasteiger partial charge in [0.25, 0.3) is 0 Å². The average Bonchev–Trinajstić information content (AvgIpc) is 2.39. The summed E-state index contributed by atoms with van der Waals surface area (Å²) in [5.74, 6) is -0.259. The summed E-state index contributed by atoms with van der Waals surface area (Å²) in [5, 5.41) is 2.31. The van der Waals surface area contributed by atoms with Crippen LogP contribution in [0.25, 0.3) is 16.8 Å². The molecule has 0 saturated carbocycles. The topological polar surface area (TPSA) is 26.3 Å². The molecule has 0 unspecified atom stereocenters. The lowest BCUT2D eigenvalue weighted by Gasteiger charge is -2.04. The van der Waals surface area contributed by atoms with Gasteiger partial charge >= 0.3 is 5.97 Å². The molecular formula is C16H16O2. The first-order valence-electron chi connectivity index (χ1n) is 6.05. The van der Waals surface area contributed by atoms with Crippen molar-refractivity contribution in [3.05, 3.63) is 53.6 Å². The number of fused-ring (bicyclic) bond motifs is 1. The van der Waals surface area contributed by atoms with Crippen molar-refractivity contribution in [1.29, 1.82) is 0 Å². The second-order valence-electron chi connectivity index (χ2n) is 4.12. The maximum atomic E-state index is 11.6. The number of esters is 1. The summed E-state index contributed by atoms with van der Waals surface area (Å²) in [7, 11) is 0. The van der Waals surface area contributed by atoms with Gasteiger partial charge in [0.1, 0.15) is 0 Å². The van der Waals surface area contributed by atoms with Gasteiger partial charge in [0.05, 0.1) is 6.61 Å². The van der Waals surface area contributed by atoms with Crippen molar-refractivity contribution < 1.29 is 9.53 Å². The number of hydrogen-bond donors (Lipinski definition) is 0. The van der Waals surface area contributed by atoms with E-state index in [0.29, 0.717) is 12.2 Å². The maximum absolute atomic E-state index is 11.6. The number of hydrogen-bond acceptors (Lipinski definition) is 2. The average molecular weight is 240 g/mol. The molecule has 0 aromatic heterocycles. The summed E-state index contributed by atoms with van der Waals surface area (Å²) in [6, 6.07) is 14.2. The number of ether oxygens (including phenoxy) is 1. The van der Waals surface area contributed by atoms with Gasteiger partial charge in [-0.25, -0.2) is 4.79 Å². The van der Waals surface area contributed by atoms with E-state index in [9.17, 15) is 4.79 Å². The van der Waals surface area contributed by atoms with Crippen molar-refractivity contribution in [2.24, 2.45) is 0 Å². The molecule has 0 aliphatic carbocycles. The van der Waals surface area contributed by atoms with Crippen molar-refractivity contribution in [3.63, 3.8) is 0 Å². The standard InChI is InChI=1S/C16H16O2/c1-3-18-16(17)12(2)11-14-9-6-8-13-7-4-5-10-15(13)14/h4-11H,3H2,1-2H3. The zero-order chi connectivity index (χ0) is 13.0. The van der Waals surface area contributed by atoms with Gasteiger partial charge in [0.2, 0.25) is 0 Å². The zero-order valence-corrected chi connectivity index (χ0v) is 10.6. The lowest BCUT2D eigenvalue weighted by Crippen LogP contribution is -2.04. The second kappa shape index (κ2) is 5.50. The minimum Gasteiger partial charge on any atom is -0.463 e. The van der Waals surface area contributed by atoms with Crippen molar-refractivity contribution in [3.8, 4) is 0 Å². The van der Waals surface area contributed by atoms with Crippen LogP contribution in [-0.2, 0) is 9.53 Å². The molecule has 2 rings (SSSR count). The Morgan fingerprint density at radius 3 is 2.67 bits per heavy atom. The van der Waals surface area contributed by atoms with Crippen LogP contribution in [0.5, 0.6) is 0 Å². The molecule has 2 aromatic rings. The van der Waals surface area contributed by atoms with E-state index in [1.54, 1.807) is 6.92 Å². The summed E-state index contributed by atoms with van der Waals surface area (Å²) in [6.07, 6.45) is 1.88. The van der Waals surface area contributed by atoms with Crippen molar-refractivity contribution in [1.82, 2.24) is 0 Å². The molecule has 0 atom stereocenters. The Balaban J connectivity index is 2.43.